The lowest BCUT2D eigenvalue weighted by atomic mass is 10.1. The lowest BCUT2D eigenvalue weighted by Gasteiger charge is -1.92. The van der Waals surface area contributed by atoms with Crippen LogP contribution < -0.4 is 6.15 Å². The Kier molecular flexibility index (Phi) is 6.78. The topological polar surface area (TPSA) is 35.0 Å². The van der Waals surface area contributed by atoms with Crippen LogP contribution in [0.15, 0.2) is 48.5 Å². The van der Waals surface area contributed by atoms with Gasteiger partial charge in [0.2, 0.25) is 0 Å². The predicted octanol–water partition coefficient (Wildman–Crippen LogP) is 4.27. The highest BCUT2D eigenvalue weighted by atomic mass is 14.0. The summed E-state index contributed by atoms with van der Waals surface area (Å²) in [6.07, 6.45) is 0. The smallest absolute Gasteiger partial charge is 0.0184 e. The maximum Gasteiger partial charge on any atom is -0.0184 e. The third-order valence-corrected chi connectivity index (χ3v) is 1.66. The Morgan fingerprint density at radius 2 is 0.769 bits per heavy atom. The largest absolute Gasteiger partial charge is 0.344 e. The molecule has 0 saturated heterocycles. The van der Waals surface area contributed by atoms with E-state index >= 15 is 0 Å². The monoisotopic (exact) mass is 177 g/mol. The third kappa shape index (κ3) is 2.88. The van der Waals surface area contributed by atoms with Crippen molar-refractivity contribution in [2.45, 2.75) is 14.9 Å². The first kappa shape index (κ1) is 14.2. The Hall–Kier alpha value is -1.34. The fraction of sp³-hybridized carbons (Fsp3) is 0.167. The standard InChI is InChI=1S/C10H8.2CH4.H3N/c1-2-6-10-8-4-3-7-9(10)5-1;;;/h1-8H;2*1H4;1H3. The molecule has 0 aliphatic carbocycles. The number of hydrogen-bond donors (Lipinski definition) is 1. The fourth-order valence-corrected chi connectivity index (χ4v) is 1.13. The summed E-state index contributed by atoms with van der Waals surface area (Å²) in [5, 5.41) is 2.62. The van der Waals surface area contributed by atoms with E-state index in [1.165, 1.54) is 10.8 Å². The minimum absolute atomic E-state index is 0. The Bertz CT molecular complexity index is 276. The SMILES string of the molecule is C.C.N.c1ccc2ccccc2c1. The van der Waals surface area contributed by atoms with Gasteiger partial charge in [-0.05, 0) is 10.8 Å². The number of benzene rings is 2. The number of rotatable bonds is 0. The van der Waals surface area contributed by atoms with Gasteiger partial charge in [0.1, 0.15) is 0 Å². The van der Waals surface area contributed by atoms with Gasteiger partial charge in [-0.3, -0.25) is 0 Å². The minimum atomic E-state index is 0. The molecule has 0 bridgehead atoms. The van der Waals surface area contributed by atoms with Crippen LogP contribution in [0, 0.1) is 0 Å². The molecule has 0 radical (unpaired) electrons. The maximum absolute atomic E-state index is 2.12. The van der Waals surface area contributed by atoms with Gasteiger partial charge < -0.3 is 6.15 Å². The van der Waals surface area contributed by atoms with Crippen LogP contribution in [0.1, 0.15) is 14.9 Å². The molecule has 0 fully saturated rings. The summed E-state index contributed by atoms with van der Waals surface area (Å²) in [6.45, 7) is 0. The van der Waals surface area contributed by atoms with Crippen molar-refractivity contribution in [1.29, 1.82) is 0 Å². The summed E-state index contributed by atoms with van der Waals surface area (Å²) >= 11 is 0. The lowest BCUT2D eigenvalue weighted by molar-refractivity contribution is 1.75. The first-order chi connectivity index (χ1) is 4.97. The zero-order chi connectivity index (χ0) is 6.81. The van der Waals surface area contributed by atoms with E-state index in [1.54, 1.807) is 0 Å². The highest BCUT2D eigenvalue weighted by molar-refractivity contribution is 5.81. The van der Waals surface area contributed by atoms with E-state index < -0.39 is 0 Å². The molecule has 0 spiro atoms. The van der Waals surface area contributed by atoms with Crippen LogP contribution >= 0.6 is 0 Å². The molecular weight excluding hydrogens is 158 g/mol. The zero-order valence-electron chi connectivity index (χ0n) is 6.33. The molecule has 0 heterocycles. The van der Waals surface area contributed by atoms with Gasteiger partial charge in [0.15, 0.2) is 0 Å². The van der Waals surface area contributed by atoms with Gasteiger partial charge in [-0.1, -0.05) is 63.4 Å². The highest BCUT2D eigenvalue weighted by Crippen LogP contribution is 2.11. The van der Waals surface area contributed by atoms with E-state index in [9.17, 15) is 0 Å². The molecule has 1 heteroatoms. The second-order valence-electron chi connectivity index (χ2n) is 2.35. The van der Waals surface area contributed by atoms with Crippen LogP contribution in [0.3, 0.4) is 0 Å². The van der Waals surface area contributed by atoms with Crippen molar-refractivity contribution in [1.82, 2.24) is 6.15 Å². The van der Waals surface area contributed by atoms with Crippen molar-refractivity contribution < 1.29 is 0 Å². The molecule has 72 valence electrons. The van der Waals surface area contributed by atoms with Gasteiger partial charge in [-0.2, -0.15) is 0 Å². The second kappa shape index (κ2) is 6.21. The molecule has 2 aromatic carbocycles. The van der Waals surface area contributed by atoms with Crippen molar-refractivity contribution >= 4 is 10.8 Å². The molecule has 0 atom stereocenters. The van der Waals surface area contributed by atoms with E-state index in [1.807, 2.05) is 0 Å². The summed E-state index contributed by atoms with van der Waals surface area (Å²) in [4.78, 5) is 0. The highest BCUT2D eigenvalue weighted by Gasteiger charge is 1.85. The Morgan fingerprint density at radius 1 is 0.538 bits per heavy atom. The molecule has 2 rings (SSSR count). The molecule has 13 heavy (non-hydrogen) atoms. The van der Waals surface area contributed by atoms with E-state index in [0.29, 0.717) is 0 Å². The van der Waals surface area contributed by atoms with Gasteiger partial charge in [0.25, 0.3) is 0 Å². The first-order valence-electron chi connectivity index (χ1n) is 3.40. The molecule has 0 aromatic heterocycles. The van der Waals surface area contributed by atoms with Gasteiger partial charge in [-0.15, -0.1) is 0 Å². The van der Waals surface area contributed by atoms with Crippen LogP contribution in [0.5, 0.6) is 0 Å². The second-order valence-corrected chi connectivity index (χ2v) is 2.35. The van der Waals surface area contributed by atoms with Crippen LogP contribution in [0.4, 0.5) is 0 Å². The quantitative estimate of drug-likeness (QED) is 0.640. The van der Waals surface area contributed by atoms with E-state index in [4.69, 9.17) is 0 Å². The van der Waals surface area contributed by atoms with Crippen molar-refractivity contribution in [3.8, 4) is 0 Å². The molecule has 0 aliphatic rings. The summed E-state index contributed by atoms with van der Waals surface area (Å²) in [6, 6.07) is 16.7. The fourth-order valence-electron chi connectivity index (χ4n) is 1.13. The summed E-state index contributed by atoms with van der Waals surface area (Å²) in [5.74, 6) is 0. The van der Waals surface area contributed by atoms with Crippen molar-refractivity contribution in [3.05, 3.63) is 48.5 Å². The number of fused-ring (bicyclic) bond motifs is 1. The molecule has 0 unspecified atom stereocenters. The van der Waals surface area contributed by atoms with Gasteiger partial charge >= 0.3 is 0 Å². The van der Waals surface area contributed by atoms with Gasteiger partial charge in [-0.25, -0.2) is 0 Å². The molecule has 3 N–H and O–H groups in total. The van der Waals surface area contributed by atoms with E-state index in [2.05, 4.69) is 48.5 Å². The molecule has 0 saturated carbocycles. The maximum atomic E-state index is 2.12. The first-order valence-corrected chi connectivity index (χ1v) is 3.40. The van der Waals surface area contributed by atoms with Gasteiger partial charge in [0, 0.05) is 0 Å². The predicted molar refractivity (Wildman–Crippen MR) is 62.4 cm³/mol. The third-order valence-electron chi connectivity index (χ3n) is 1.66. The van der Waals surface area contributed by atoms with Crippen LogP contribution in [-0.2, 0) is 0 Å². The van der Waals surface area contributed by atoms with Crippen LogP contribution in [0.2, 0.25) is 0 Å². The van der Waals surface area contributed by atoms with Crippen molar-refractivity contribution in [2.24, 2.45) is 0 Å². The molecule has 1 nitrogen and oxygen atoms in total. The Morgan fingerprint density at radius 3 is 1.00 bits per heavy atom. The zero-order valence-corrected chi connectivity index (χ0v) is 6.33. The lowest BCUT2D eigenvalue weighted by Crippen LogP contribution is -1.67. The summed E-state index contributed by atoms with van der Waals surface area (Å²) in [5.41, 5.74) is 0. The van der Waals surface area contributed by atoms with Crippen LogP contribution in [0.25, 0.3) is 10.8 Å². The van der Waals surface area contributed by atoms with E-state index in [0.717, 1.165) is 0 Å². The van der Waals surface area contributed by atoms with Crippen molar-refractivity contribution in [2.75, 3.05) is 0 Å². The van der Waals surface area contributed by atoms with Gasteiger partial charge in [0.05, 0.1) is 0 Å². The Balaban J connectivity index is 0. The number of hydrogen-bond acceptors (Lipinski definition) is 1. The average Bonchev–Trinajstić information content (AvgIpc) is 2.05. The molecule has 0 amide bonds. The molecule has 2 aromatic rings. The molecular formula is C12H19N. The summed E-state index contributed by atoms with van der Waals surface area (Å²) < 4.78 is 0. The Labute approximate surface area is 81.0 Å². The van der Waals surface area contributed by atoms with E-state index in [-0.39, 0.29) is 21.0 Å². The normalized spacial score (nSPS) is 7.69. The summed E-state index contributed by atoms with van der Waals surface area (Å²) in [7, 11) is 0. The molecule has 0 aliphatic heterocycles. The minimum Gasteiger partial charge on any atom is -0.344 e. The van der Waals surface area contributed by atoms with Crippen LogP contribution in [-0.4, -0.2) is 0 Å². The van der Waals surface area contributed by atoms with Crippen molar-refractivity contribution in [3.63, 3.8) is 0 Å². The average molecular weight is 177 g/mol.